The van der Waals surface area contributed by atoms with Gasteiger partial charge in [0.05, 0.1) is 12.5 Å². The molecule has 1 atom stereocenters. The van der Waals surface area contributed by atoms with E-state index in [4.69, 9.17) is 5.73 Å². The van der Waals surface area contributed by atoms with Gasteiger partial charge in [-0.05, 0) is 19.4 Å². The third-order valence-electron chi connectivity index (χ3n) is 3.36. The van der Waals surface area contributed by atoms with Crippen molar-refractivity contribution in [2.24, 2.45) is 11.7 Å². The maximum absolute atomic E-state index is 12.2. The Morgan fingerprint density at radius 3 is 2.65 bits per heavy atom. The van der Waals surface area contributed by atoms with Gasteiger partial charge in [0.1, 0.15) is 0 Å². The first kappa shape index (κ1) is 12.1. The summed E-state index contributed by atoms with van der Waals surface area (Å²) in [6.07, 6.45) is 5.92. The molecular weight excluding hydrogens is 218 g/mol. The number of piperidine rings is 1. The van der Waals surface area contributed by atoms with E-state index in [1.54, 1.807) is 0 Å². The van der Waals surface area contributed by atoms with E-state index >= 15 is 0 Å². The number of nitrogens with two attached hydrogens (primary N) is 1. The molecule has 5 heteroatoms. The number of likely N-dealkylation sites (tertiary alicyclic amines) is 1. The van der Waals surface area contributed by atoms with Crippen molar-refractivity contribution in [3.05, 3.63) is 12.2 Å². The summed E-state index contributed by atoms with van der Waals surface area (Å²) in [4.78, 5) is 26.9. The first-order chi connectivity index (χ1) is 8.16. The van der Waals surface area contributed by atoms with E-state index in [0.29, 0.717) is 6.54 Å². The molecule has 5 nitrogen and oxygen atoms in total. The number of amides is 2. The van der Waals surface area contributed by atoms with Crippen molar-refractivity contribution >= 4 is 11.8 Å². The first-order valence-corrected chi connectivity index (χ1v) is 6.11. The Kier molecular flexibility index (Phi) is 3.78. The predicted octanol–water partition coefficient (Wildman–Crippen LogP) is -0.418. The Labute approximate surface area is 101 Å². The van der Waals surface area contributed by atoms with Crippen molar-refractivity contribution in [1.29, 1.82) is 0 Å². The Morgan fingerprint density at radius 2 is 2.00 bits per heavy atom. The monoisotopic (exact) mass is 237 g/mol. The number of primary amides is 1. The molecule has 2 N–H and O–H groups in total. The second-order valence-electron chi connectivity index (χ2n) is 4.76. The van der Waals surface area contributed by atoms with Crippen LogP contribution in [0.1, 0.15) is 12.8 Å². The molecule has 0 radical (unpaired) electrons. The van der Waals surface area contributed by atoms with Crippen LogP contribution >= 0.6 is 0 Å². The summed E-state index contributed by atoms with van der Waals surface area (Å²) in [5.41, 5.74) is 5.18. The van der Waals surface area contributed by atoms with E-state index in [1.807, 2.05) is 22.0 Å². The van der Waals surface area contributed by atoms with Crippen molar-refractivity contribution in [3.63, 3.8) is 0 Å². The molecule has 0 saturated carbocycles. The molecule has 0 bridgehead atoms. The van der Waals surface area contributed by atoms with E-state index in [9.17, 15) is 9.59 Å². The van der Waals surface area contributed by atoms with Gasteiger partial charge in [-0.2, -0.15) is 0 Å². The standard InChI is InChI=1S/C12H19N3O2/c13-11(16)9-14-5-3-4-10(8-14)12(17)15-6-1-2-7-15/h1-2,10H,3-9H2,(H2,13,16). The van der Waals surface area contributed by atoms with Crippen LogP contribution in [-0.4, -0.2) is 54.3 Å². The molecule has 0 aromatic heterocycles. The fourth-order valence-electron chi connectivity index (χ4n) is 2.54. The summed E-state index contributed by atoms with van der Waals surface area (Å²) in [6.45, 7) is 3.25. The number of carbonyl (C=O) groups is 2. The van der Waals surface area contributed by atoms with Gasteiger partial charge in [0.2, 0.25) is 11.8 Å². The molecule has 2 aliphatic heterocycles. The SMILES string of the molecule is NC(=O)CN1CCCC(C(=O)N2CC=CC2)C1. The van der Waals surface area contributed by atoms with Gasteiger partial charge in [0.25, 0.3) is 0 Å². The average molecular weight is 237 g/mol. The molecule has 1 fully saturated rings. The number of nitrogens with zero attached hydrogens (tertiary/aromatic N) is 2. The van der Waals surface area contributed by atoms with Crippen LogP contribution in [0.15, 0.2) is 12.2 Å². The summed E-state index contributed by atoms with van der Waals surface area (Å²) < 4.78 is 0. The van der Waals surface area contributed by atoms with Gasteiger partial charge in [0, 0.05) is 19.6 Å². The highest BCUT2D eigenvalue weighted by Crippen LogP contribution is 2.19. The minimum Gasteiger partial charge on any atom is -0.369 e. The van der Waals surface area contributed by atoms with Gasteiger partial charge in [-0.25, -0.2) is 0 Å². The molecule has 0 spiro atoms. The molecule has 17 heavy (non-hydrogen) atoms. The van der Waals surface area contributed by atoms with Gasteiger partial charge in [-0.1, -0.05) is 12.2 Å². The van der Waals surface area contributed by atoms with Gasteiger partial charge >= 0.3 is 0 Å². The molecule has 2 rings (SSSR count). The van der Waals surface area contributed by atoms with Crippen LogP contribution in [0.5, 0.6) is 0 Å². The average Bonchev–Trinajstić information content (AvgIpc) is 2.81. The van der Waals surface area contributed by atoms with Crippen LogP contribution in [0.4, 0.5) is 0 Å². The summed E-state index contributed by atoms with van der Waals surface area (Å²) in [5.74, 6) is -0.0758. The van der Waals surface area contributed by atoms with Gasteiger partial charge in [0.15, 0.2) is 0 Å². The molecule has 0 aromatic rings. The quantitative estimate of drug-likeness (QED) is 0.678. The van der Waals surface area contributed by atoms with Crippen LogP contribution < -0.4 is 5.73 Å². The van der Waals surface area contributed by atoms with Crippen LogP contribution in [0.2, 0.25) is 0 Å². The van der Waals surface area contributed by atoms with Crippen LogP contribution in [0.25, 0.3) is 0 Å². The molecule has 0 aromatic carbocycles. The smallest absolute Gasteiger partial charge is 0.231 e. The summed E-state index contributed by atoms with van der Waals surface area (Å²) in [5, 5.41) is 0. The Bertz CT molecular complexity index is 333. The minimum absolute atomic E-state index is 0.0306. The number of rotatable bonds is 3. The summed E-state index contributed by atoms with van der Waals surface area (Å²) >= 11 is 0. The third kappa shape index (κ3) is 3.06. The van der Waals surface area contributed by atoms with E-state index in [-0.39, 0.29) is 24.3 Å². The van der Waals surface area contributed by atoms with Crippen molar-refractivity contribution in [1.82, 2.24) is 9.80 Å². The highest BCUT2D eigenvalue weighted by Gasteiger charge is 2.29. The fraction of sp³-hybridized carbons (Fsp3) is 0.667. The highest BCUT2D eigenvalue weighted by molar-refractivity contribution is 5.80. The van der Waals surface area contributed by atoms with Crippen LogP contribution in [0, 0.1) is 5.92 Å². The Hall–Kier alpha value is -1.36. The van der Waals surface area contributed by atoms with Crippen molar-refractivity contribution in [3.8, 4) is 0 Å². The zero-order valence-corrected chi connectivity index (χ0v) is 9.97. The topological polar surface area (TPSA) is 66.6 Å². The molecule has 94 valence electrons. The minimum atomic E-state index is -0.319. The van der Waals surface area contributed by atoms with Crippen LogP contribution in [-0.2, 0) is 9.59 Å². The van der Waals surface area contributed by atoms with Crippen LogP contribution in [0.3, 0.4) is 0 Å². The lowest BCUT2D eigenvalue weighted by Crippen LogP contribution is -2.46. The largest absolute Gasteiger partial charge is 0.369 e. The van der Waals surface area contributed by atoms with E-state index in [0.717, 1.165) is 32.5 Å². The van der Waals surface area contributed by atoms with Crippen molar-refractivity contribution in [2.45, 2.75) is 12.8 Å². The second kappa shape index (κ2) is 5.31. The first-order valence-electron chi connectivity index (χ1n) is 6.11. The van der Waals surface area contributed by atoms with Crippen molar-refractivity contribution in [2.75, 3.05) is 32.7 Å². The molecule has 2 aliphatic rings. The maximum Gasteiger partial charge on any atom is 0.231 e. The Balaban J connectivity index is 1.87. The normalized spacial score (nSPS) is 25.2. The number of hydrogen-bond acceptors (Lipinski definition) is 3. The van der Waals surface area contributed by atoms with Gasteiger partial charge in [-0.3, -0.25) is 14.5 Å². The molecule has 1 saturated heterocycles. The molecule has 2 amide bonds. The van der Waals surface area contributed by atoms with Gasteiger partial charge < -0.3 is 10.6 Å². The molecule has 1 unspecified atom stereocenters. The zero-order chi connectivity index (χ0) is 12.3. The van der Waals surface area contributed by atoms with Gasteiger partial charge in [-0.15, -0.1) is 0 Å². The predicted molar refractivity (Wildman–Crippen MR) is 64.1 cm³/mol. The van der Waals surface area contributed by atoms with E-state index in [2.05, 4.69) is 0 Å². The summed E-state index contributed by atoms with van der Waals surface area (Å²) in [6, 6.07) is 0. The highest BCUT2D eigenvalue weighted by atomic mass is 16.2. The lowest BCUT2D eigenvalue weighted by molar-refractivity contribution is -0.136. The number of carbonyl (C=O) groups excluding carboxylic acids is 2. The number of hydrogen-bond donors (Lipinski definition) is 1. The Morgan fingerprint density at radius 1 is 1.29 bits per heavy atom. The summed E-state index contributed by atoms with van der Waals surface area (Å²) in [7, 11) is 0. The third-order valence-corrected chi connectivity index (χ3v) is 3.36. The maximum atomic E-state index is 12.2. The fourth-order valence-corrected chi connectivity index (χ4v) is 2.54. The van der Waals surface area contributed by atoms with Crippen molar-refractivity contribution < 1.29 is 9.59 Å². The second-order valence-corrected chi connectivity index (χ2v) is 4.76. The zero-order valence-electron chi connectivity index (χ0n) is 9.97. The molecule has 0 aliphatic carbocycles. The lowest BCUT2D eigenvalue weighted by atomic mass is 9.96. The van der Waals surface area contributed by atoms with E-state index in [1.165, 1.54) is 0 Å². The molecular formula is C12H19N3O2. The molecule has 2 heterocycles. The lowest BCUT2D eigenvalue weighted by Gasteiger charge is -2.33. The van der Waals surface area contributed by atoms with E-state index < -0.39 is 0 Å².